The average Bonchev–Trinajstić information content (AvgIpc) is 2.27. The van der Waals surface area contributed by atoms with E-state index in [2.05, 4.69) is 4.74 Å². The molecule has 90 valence electrons. The molecular weight excluding hydrogens is 256 g/mol. The normalized spacial score (nSPS) is 10.1. The topological polar surface area (TPSA) is 70.3 Å². The predicted molar refractivity (Wildman–Crippen MR) is 54.3 cm³/mol. The van der Waals surface area contributed by atoms with Gasteiger partial charge in [0.2, 0.25) is 0 Å². The van der Waals surface area contributed by atoms with Crippen molar-refractivity contribution in [3.05, 3.63) is 28.8 Å². The maximum Gasteiger partial charge on any atom is 0.387 e. The van der Waals surface area contributed by atoms with Crippen molar-refractivity contribution in [2.24, 2.45) is 0 Å². The van der Waals surface area contributed by atoms with Crippen LogP contribution in [0.1, 0.15) is 21.5 Å². The van der Waals surface area contributed by atoms with Crippen LogP contribution in [0, 0.1) is 11.3 Å². The van der Waals surface area contributed by atoms with Crippen LogP contribution in [-0.2, 0) is 5.88 Å². The number of halogens is 3. The lowest BCUT2D eigenvalue weighted by Gasteiger charge is -2.12. The highest BCUT2D eigenvalue weighted by Crippen LogP contribution is 2.30. The number of ether oxygens (including phenoxy) is 1. The summed E-state index contributed by atoms with van der Waals surface area (Å²) in [7, 11) is 0. The molecule has 0 heterocycles. The Bertz CT molecular complexity index is 485. The van der Waals surface area contributed by atoms with Crippen LogP contribution in [0.4, 0.5) is 8.78 Å². The van der Waals surface area contributed by atoms with Crippen LogP contribution in [0.15, 0.2) is 12.1 Å². The number of hydrogen-bond donors (Lipinski definition) is 1. The summed E-state index contributed by atoms with van der Waals surface area (Å²) >= 11 is 5.49. The van der Waals surface area contributed by atoms with Gasteiger partial charge < -0.3 is 9.84 Å². The third-order valence-corrected chi connectivity index (χ3v) is 2.21. The lowest BCUT2D eigenvalue weighted by atomic mass is 10.0. The smallest absolute Gasteiger partial charge is 0.387 e. The number of alkyl halides is 3. The molecule has 1 aromatic carbocycles. The maximum absolute atomic E-state index is 12.2. The lowest BCUT2D eigenvalue weighted by molar-refractivity contribution is -0.0508. The highest BCUT2D eigenvalue weighted by molar-refractivity contribution is 6.17. The highest BCUT2D eigenvalue weighted by atomic mass is 35.5. The van der Waals surface area contributed by atoms with Gasteiger partial charge in [-0.1, -0.05) is 6.07 Å². The Kier molecular flexibility index (Phi) is 4.24. The molecule has 0 aliphatic carbocycles. The van der Waals surface area contributed by atoms with Crippen molar-refractivity contribution in [1.82, 2.24) is 0 Å². The third-order valence-electron chi connectivity index (χ3n) is 1.92. The number of carbonyl (C=O) groups is 1. The molecule has 0 fully saturated rings. The van der Waals surface area contributed by atoms with E-state index in [0.29, 0.717) is 0 Å². The number of nitrogens with zero attached hydrogens (tertiary/aromatic N) is 1. The number of carboxylic acid groups (broad SMARTS) is 1. The Morgan fingerprint density at radius 2 is 2.24 bits per heavy atom. The minimum absolute atomic E-state index is 0.0865. The molecule has 0 aliphatic heterocycles. The monoisotopic (exact) mass is 261 g/mol. The van der Waals surface area contributed by atoms with E-state index >= 15 is 0 Å². The Labute approximate surface area is 100.0 Å². The van der Waals surface area contributed by atoms with Crippen molar-refractivity contribution in [2.45, 2.75) is 12.5 Å². The first kappa shape index (κ1) is 13.2. The van der Waals surface area contributed by atoms with Gasteiger partial charge in [-0.25, -0.2) is 4.79 Å². The molecule has 17 heavy (non-hydrogen) atoms. The van der Waals surface area contributed by atoms with Crippen molar-refractivity contribution in [1.29, 1.82) is 5.26 Å². The number of rotatable bonds is 4. The van der Waals surface area contributed by atoms with E-state index < -0.39 is 23.9 Å². The molecule has 0 saturated heterocycles. The Balaban J connectivity index is 3.48. The van der Waals surface area contributed by atoms with Gasteiger partial charge in [0.25, 0.3) is 0 Å². The summed E-state index contributed by atoms with van der Waals surface area (Å²) in [5.74, 6) is -2.29. The summed E-state index contributed by atoms with van der Waals surface area (Å²) in [6.45, 7) is -3.19. The molecule has 0 radical (unpaired) electrons. The van der Waals surface area contributed by atoms with Gasteiger partial charge in [0.15, 0.2) is 0 Å². The minimum atomic E-state index is -3.19. The van der Waals surface area contributed by atoms with Gasteiger partial charge >= 0.3 is 12.6 Å². The Hall–Kier alpha value is -1.87. The van der Waals surface area contributed by atoms with Crippen molar-refractivity contribution in [3.8, 4) is 11.8 Å². The molecule has 0 atom stereocenters. The molecule has 0 aromatic heterocycles. The average molecular weight is 262 g/mol. The molecule has 0 amide bonds. The largest absolute Gasteiger partial charge is 0.478 e. The van der Waals surface area contributed by atoms with E-state index in [1.54, 1.807) is 6.07 Å². The van der Waals surface area contributed by atoms with E-state index in [4.69, 9.17) is 22.0 Å². The van der Waals surface area contributed by atoms with Crippen LogP contribution in [0.5, 0.6) is 5.75 Å². The molecule has 0 saturated carbocycles. The summed E-state index contributed by atoms with van der Waals surface area (Å²) in [6.07, 6.45) is 0. The predicted octanol–water partition coefficient (Wildman–Crippen LogP) is 2.60. The number of carboxylic acids is 1. The number of hydrogen-bond acceptors (Lipinski definition) is 3. The van der Waals surface area contributed by atoms with Crippen molar-refractivity contribution < 1.29 is 23.4 Å². The first-order valence-electron chi connectivity index (χ1n) is 4.31. The van der Waals surface area contributed by atoms with Crippen LogP contribution < -0.4 is 4.74 Å². The summed E-state index contributed by atoms with van der Waals surface area (Å²) in [4.78, 5) is 10.9. The van der Waals surface area contributed by atoms with Gasteiger partial charge in [-0.2, -0.15) is 14.0 Å². The van der Waals surface area contributed by atoms with Gasteiger partial charge in [0.1, 0.15) is 17.4 Å². The van der Waals surface area contributed by atoms with Gasteiger partial charge in [0, 0.05) is 5.56 Å². The molecule has 7 heteroatoms. The lowest BCUT2D eigenvalue weighted by Crippen LogP contribution is -2.11. The molecule has 0 bridgehead atoms. The van der Waals surface area contributed by atoms with Gasteiger partial charge in [-0.05, 0) is 6.07 Å². The third kappa shape index (κ3) is 2.82. The molecule has 0 aliphatic rings. The maximum atomic E-state index is 12.2. The quantitative estimate of drug-likeness (QED) is 0.846. The summed E-state index contributed by atoms with van der Waals surface area (Å²) < 4.78 is 28.5. The van der Waals surface area contributed by atoms with Crippen LogP contribution in [0.2, 0.25) is 0 Å². The van der Waals surface area contributed by atoms with E-state index in [-0.39, 0.29) is 17.0 Å². The standard InChI is InChI=1S/C10H6ClF2NO3/c11-3-5-1-2-6(4-14)7(9(15)16)8(5)17-10(12)13/h1-2,10H,3H2,(H,15,16). The van der Waals surface area contributed by atoms with Crippen LogP contribution in [-0.4, -0.2) is 17.7 Å². The van der Waals surface area contributed by atoms with Gasteiger partial charge in [0.05, 0.1) is 11.4 Å². The second kappa shape index (κ2) is 5.46. The molecule has 1 aromatic rings. The number of aromatic carboxylic acids is 1. The summed E-state index contributed by atoms with van der Waals surface area (Å²) in [5.41, 5.74) is -0.781. The van der Waals surface area contributed by atoms with Crippen LogP contribution in [0.3, 0.4) is 0 Å². The SMILES string of the molecule is N#Cc1ccc(CCl)c(OC(F)F)c1C(=O)O. The minimum Gasteiger partial charge on any atom is -0.478 e. The second-order valence-corrected chi connectivity index (χ2v) is 3.17. The van der Waals surface area contributed by atoms with Crippen LogP contribution >= 0.6 is 11.6 Å². The summed E-state index contributed by atoms with van der Waals surface area (Å²) in [6, 6.07) is 4.06. The summed E-state index contributed by atoms with van der Waals surface area (Å²) in [5, 5.41) is 17.6. The molecule has 1 N–H and O–H groups in total. The fourth-order valence-corrected chi connectivity index (χ4v) is 1.47. The zero-order chi connectivity index (χ0) is 13.0. The van der Waals surface area contributed by atoms with E-state index in [9.17, 15) is 13.6 Å². The van der Waals surface area contributed by atoms with Gasteiger partial charge in [-0.15, -0.1) is 11.6 Å². The second-order valence-electron chi connectivity index (χ2n) is 2.91. The first-order valence-corrected chi connectivity index (χ1v) is 4.84. The molecule has 4 nitrogen and oxygen atoms in total. The fraction of sp³-hybridized carbons (Fsp3) is 0.200. The first-order chi connectivity index (χ1) is 8.01. The van der Waals surface area contributed by atoms with E-state index in [1.807, 2.05) is 0 Å². The fourth-order valence-electron chi connectivity index (χ4n) is 1.26. The van der Waals surface area contributed by atoms with Crippen molar-refractivity contribution >= 4 is 17.6 Å². The number of nitriles is 1. The van der Waals surface area contributed by atoms with Crippen molar-refractivity contribution in [2.75, 3.05) is 0 Å². The number of benzene rings is 1. The van der Waals surface area contributed by atoms with Gasteiger partial charge in [-0.3, -0.25) is 0 Å². The Morgan fingerprint density at radius 1 is 1.59 bits per heavy atom. The highest BCUT2D eigenvalue weighted by Gasteiger charge is 2.22. The van der Waals surface area contributed by atoms with E-state index in [0.717, 1.165) is 0 Å². The molecule has 0 unspecified atom stereocenters. The van der Waals surface area contributed by atoms with Crippen LogP contribution in [0.25, 0.3) is 0 Å². The van der Waals surface area contributed by atoms with E-state index in [1.165, 1.54) is 12.1 Å². The Morgan fingerprint density at radius 3 is 2.65 bits per heavy atom. The molecule has 1 rings (SSSR count). The zero-order valence-electron chi connectivity index (χ0n) is 8.28. The molecular formula is C10H6ClF2NO3. The zero-order valence-corrected chi connectivity index (χ0v) is 9.04. The molecule has 0 spiro atoms. The van der Waals surface area contributed by atoms with Crippen molar-refractivity contribution in [3.63, 3.8) is 0 Å².